The van der Waals surface area contributed by atoms with Crippen LogP contribution in [0.5, 0.6) is 0 Å². The summed E-state index contributed by atoms with van der Waals surface area (Å²) in [5.41, 5.74) is 5.42. The molecule has 0 saturated carbocycles. The fraction of sp³-hybridized carbons (Fsp3) is 0.476. The summed E-state index contributed by atoms with van der Waals surface area (Å²) in [6.45, 7) is -9.61. The minimum atomic E-state index is -4.24. The van der Waals surface area contributed by atoms with Crippen LogP contribution >= 0.6 is 13.4 Å². The van der Waals surface area contributed by atoms with E-state index in [1.54, 1.807) is 0 Å². The molecule has 3 aliphatic heterocycles. The van der Waals surface area contributed by atoms with Gasteiger partial charge in [0.05, 0.1) is 25.9 Å². The second kappa shape index (κ2) is 11.4. The predicted molar refractivity (Wildman–Crippen MR) is 155 cm³/mol. The first-order valence-corrected chi connectivity index (χ1v) is 18.2. The molecule has 3 saturated heterocycles. The van der Waals surface area contributed by atoms with E-state index in [2.05, 4.69) is 24.9 Å². The highest BCUT2D eigenvalue weighted by atomic mass is 32.5. The number of aromatic amines is 1. The summed E-state index contributed by atoms with van der Waals surface area (Å²) in [7, 11) is 0. The van der Waals surface area contributed by atoms with E-state index in [4.69, 9.17) is 56.9 Å². The van der Waals surface area contributed by atoms with Gasteiger partial charge in [-0.1, -0.05) is 0 Å². The molecule has 3 fully saturated rings. The molecular weight excluding hydrogens is 685 g/mol. The van der Waals surface area contributed by atoms with Gasteiger partial charge in [-0.15, -0.1) is 0 Å². The minimum Gasteiger partial charge on any atom is -0.387 e. The molecule has 24 heteroatoms. The van der Waals surface area contributed by atoms with Gasteiger partial charge in [0, 0.05) is 6.20 Å². The number of rotatable bonds is 2. The molecule has 0 radical (unpaired) electrons. The summed E-state index contributed by atoms with van der Waals surface area (Å²) in [5.74, 6) is -0.858. The van der Waals surface area contributed by atoms with E-state index in [0.29, 0.717) is 0 Å². The van der Waals surface area contributed by atoms with Crippen molar-refractivity contribution in [1.29, 1.82) is 0 Å². The number of hydrogen-bond donors (Lipinski definition) is 6. The molecule has 3 aliphatic rings. The molecule has 7 rings (SSSR count). The Bertz CT molecular complexity index is 1950. The Morgan fingerprint density at radius 3 is 2.38 bits per heavy atom. The number of anilines is 1. The quantitative estimate of drug-likeness (QED) is 0.137. The molecular formula is C21H23FN8O11P2S2. The van der Waals surface area contributed by atoms with Crippen molar-refractivity contribution in [3.8, 4) is 0 Å². The Labute approximate surface area is 260 Å². The highest BCUT2D eigenvalue weighted by molar-refractivity contribution is 8.07. The van der Waals surface area contributed by atoms with Crippen LogP contribution in [-0.4, -0.2) is 104 Å². The minimum absolute atomic E-state index is 0.0790. The smallest absolute Gasteiger partial charge is 0.325 e. The first kappa shape index (κ1) is 31.2. The van der Waals surface area contributed by atoms with E-state index in [-0.39, 0.29) is 28.0 Å². The summed E-state index contributed by atoms with van der Waals surface area (Å²) in [6.07, 6.45) is -6.77. The number of nitrogens with zero attached hydrogens (tertiary/aromatic N) is 6. The molecule has 4 unspecified atom stereocenters. The van der Waals surface area contributed by atoms with Crippen LogP contribution < -0.4 is 11.3 Å². The number of imidazole rings is 1. The zero-order valence-corrected chi connectivity index (χ0v) is 25.8. The normalized spacial score (nSPS) is 37.7. The van der Waals surface area contributed by atoms with Crippen LogP contribution in [0.15, 0.2) is 30.0 Å². The Morgan fingerprint density at radius 2 is 1.62 bits per heavy atom. The Hall–Kier alpha value is -2.40. The molecule has 2 bridgehead atoms. The first-order chi connectivity index (χ1) is 21.3. The third-order valence-corrected chi connectivity index (χ3v) is 10.6. The molecule has 0 aliphatic carbocycles. The molecule has 10 atom stereocenters. The largest absolute Gasteiger partial charge is 0.387 e. The SMILES string of the molecule is Nc1ncnc2c1ncn2[C@@H]1OC2COP(O)(=S)O[C@@H]3C(COP(O)(=S)O[C@@H]1[C@@H]2O)O[C@@H](n1cc(F)c2c(=O)[nH]cnc21)[C@@H]3O. The van der Waals surface area contributed by atoms with Crippen molar-refractivity contribution >= 4 is 65.1 Å². The number of aliphatic hydroxyl groups is 2. The Morgan fingerprint density at radius 1 is 0.933 bits per heavy atom. The fourth-order valence-electron chi connectivity index (χ4n) is 5.41. The molecule has 0 aromatic carbocycles. The van der Waals surface area contributed by atoms with Gasteiger partial charge < -0.3 is 53.8 Å². The number of fused-ring (bicyclic) bond motifs is 5. The number of halogens is 1. The molecule has 19 nitrogen and oxygen atoms in total. The highest BCUT2D eigenvalue weighted by Gasteiger charge is 2.52. The molecule has 7 heterocycles. The van der Waals surface area contributed by atoms with Crippen molar-refractivity contribution in [2.75, 3.05) is 18.9 Å². The van der Waals surface area contributed by atoms with Gasteiger partial charge in [-0.3, -0.25) is 18.4 Å². The number of ether oxygens (including phenoxy) is 2. The maximum Gasteiger partial charge on any atom is 0.325 e. The van der Waals surface area contributed by atoms with E-state index in [1.165, 1.54) is 17.2 Å². The van der Waals surface area contributed by atoms with E-state index >= 15 is 0 Å². The summed E-state index contributed by atoms with van der Waals surface area (Å²) < 4.78 is 51.5. The fourth-order valence-corrected chi connectivity index (χ4v) is 8.27. The monoisotopic (exact) mass is 708 g/mol. The summed E-state index contributed by atoms with van der Waals surface area (Å²) in [6, 6.07) is 0. The van der Waals surface area contributed by atoms with Crippen molar-refractivity contribution in [2.45, 2.75) is 49.1 Å². The predicted octanol–water partition coefficient (Wildman–Crippen LogP) is -0.947. The number of aliphatic hydroxyl groups excluding tert-OH is 2. The van der Waals surface area contributed by atoms with Gasteiger partial charge in [-0.25, -0.2) is 24.3 Å². The second-order valence-electron chi connectivity index (χ2n) is 10.2. The third kappa shape index (κ3) is 5.53. The molecule has 4 aromatic rings. The van der Waals surface area contributed by atoms with Crippen LogP contribution in [0, 0.1) is 5.82 Å². The molecule has 4 aromatic heterocycles. The number of aromatic nitrogens is 7. The van der Waals surface area contributed by atoms with Crippen molar-refractivity contribution < 1.29 is 52.0 Å². The molecule has 45 heavy (non-hydrogen) atoms. The summed E-state index contributed by atoms with van der Waals surface area (Å²) >= 11 is 10.4. The van der Waals surface area contributed by atoms with Gasteiger partial charge in [-0.05, 0) is 23.6 Å². The standard InChI is InChI=1S/C21H23FN8O11P2S2/c22-7-1-29(17-10(7)19(33)27-5-25-17)20-13(32)14-9(39-20)3-37-43(35,45)41-15-12(31)8(2-36-42(34,44)40-14)38-21(15)30-6-28-11-16(23)24-4-26-18(11)30/h1,4-6,8-9,12-15,20-21,31-32H,2-3H2,(H,34,44)(H,35,45)(H2,23,24,26)(H,25,27,33)/t8?,9?,12-,13-,14-,15-,20-,21-,42?,43?/m1/s1. The van der Waals surface area contributed by atoms with Crippen LogP contribution in [0.1, 0.15) is 12.5 Å². The van der Waals surface area contributed by atoms with E-state index in [9.17, 15) is 29.2 Å². The van der Waals surface area contributed by atoms with Gasteiger partial charge in [0.25, 0.3) is 5.56 Å². The van der Waals surface area contributed by atoms with Crippen molar-refractivity contribution in [3.63, 3.8) is 0 Å². The van der Waals surface area contributed by atoms with E-state index in [0.717, 1.165) is 17.1 Å². The number of H-pyrrole nitrogens is 1. The van der Waals surface area contributed by atoms with Crippen LogP contribution in [-0.2, 0) is 51.2 Å². The number of nitrogens with two attached hydrogens (primary N) is 1. The zero-order chi connectivity index (χ0) is 31.8. The maximum atomic E-state index is 14.7. The topological polar surface area (TPSA) is 257 Å². The van der Waals surface area contributed by atoms with Gasteiger partial charge in [0.2, 0.25) is 0 Å². The van der Waals surface area contributed by atoms with Gasteiger partial charge in [0.1, 0.15) is 53.9 Å². The molecule has 7 N–H and O–H groups in total. The number of nitrogens with one attached hydrogen (secondary N) is 1. The van der Waals surface area contributed by atoms with Gasteiger partial charge in [-0.2, -0.15) is 0 Å². The third-order valence-electron chi connectivity index (χ3n) is 7.44. The lowest BCUT2D eigenvalue weighted by Crippen LogP contribution is -2.36. The van der Waals surface area contributed by atoms with Gasteiger partial charge >= 0.3 is 13.4 Å². The van der Waals surface area contributed by atoms with Crippen molar-refractivity contribution in [1.82, 2.24) is 34.1 Å². The average Bonchev–Trinajstić information content (AvgIpc) is 3.71. The first-order valence-electron chi connectivity index (χ1n) is 13.0. The van der Waals surface area contributed by atoms with Crippen molar-refractivity contribution in [3.05, 3.63) is 41.3 Å². The summed E-state index contributed by atoms with van der Waals surface area (Å²) in [4.78, 5) is 52.7. The Kier molecular flexibility index (Phi) is 7.90. The lowest BCUT2D eigenvalue weighted by atomic mass is 10.1. The average molecular weight is 709 g/mol. The lowest BCUT2D eigenvalue weighted by Gasteiger charge is -2.28. The van der Waals surface area contributed by atoms with Crippen molar-refractivity contribution in [2.24, 2.45) is 0 Å². The highest BCUT2D eigenvalue weighted by Crippen LogP contribution is 2.54. The van der Waals surface area contributed by atoms with E-state index < -0.39 is 87.1 Å². The van der Waals surface area contributed by atoms with Crippen LogP contribution in [0.3, 0.4) is 0 Å². The van der Waals surface area contributed by atoms with E-state index in [1.807, 2.05) is 0 Å². The molecule has 0 spiro atoms. The zero-order valence-electron chi connectivity index (χ0n) is 22.3. The summed E-state index contributed by atoms with van der Waals surface area (Å²) in [5, 5.41) is 22.0. The van der Waals surface area contributed by atoms with Crippen LogP contribution in [0.2, 0.25) is 0 Å². The van der Waals surface area contributed by atoms with Gasteiger partial charge in [0.15, 0.2) is 35.4 Å². The lowest BCUT2D eigenvalue weighted by molar-refractivity contribution is -0.0606. The van der Waals surface area contributed by atoms with Crippen LogP contribution in [0.25, 0.3) is 22.2 Å². The Balaban J connectivity index is 1.21. The number of hydrogen-bond acceptors (Lipinski definition) is 16. The molecule has 0 amide bonds. The number of nitrogen functional groups attached to an aromatic ring is 1. The molecule has 242 valence electrons. The second-order valence-corrected chi connectivity index (χ2v) is 15.8. The van der Waals surface area contributed by atoms with Crippen LogP contribution in [0.4, 0.5) is 10.2 Å². The maximum absolute atomic E-state index is 14.7.